The highest BCUT2D eigenvalue weighted by molar-refractivity contribution is 5.39. The van der Waals surface area contributed by atoms with E-state index in [4.69, 9.17) is 5.73 Å². The summed E-state index contributed by atoms with van der Waals surface area (Å²) in [4.78, 5) is 10.2. The molecule has 4 heteroatoms. The van der Waals surface area contributed by atoms with Crippen molar-refractivity contribution in [2.45, 2.75) is 26.2 Å². The molecule has 0 fully saturated rings. The fourth-order valence-electron chi connectivity index (χ4n) is 2.36. The number of non-ortho nitro benzene ring substituents is 1. The van der Waals surface area contributed by atoms with E-state index in [0.717, 1.165) is 30.5 Å². The lowest BCUT2D eigenvalue weighted by atomic mass is 9.94. The average Bonchev–Trinajstić information content (AvgIpc) is 2.47. The van der Waals surface area contributed by atoms with Crippen molar-refractivity contribution < 1.29 is 4.92 Å². The van der Waals surface area contributed by atoms with Gasteiger partial charge in [-0.2, -0.15) is 0 Å². The smallest absolute Gasteiger partial charge is 0.269 e. The third kappa shape index (κ3) is 4.60. The minimum Gasteiger partial charge on any atom is -0.399 e. The van der Waals surface area contributed by atoms with E-state index < -0.39 is 0 Å². The topological polar surface area (TPSA) is 69.2 Å². The molecule has 110 valence electrons. The Morgan fingerprint density at radius 1 is 1.05 bits per heavy atom. The standard InChI is InChI=1S/C17H20N2O2/c1-13(2-3-14-4-8-16(18)9-5-14)12-15-6-10-17(11-7-15)19(20)21/h4-11,13H,2-3,12,18H2,1H3. The Labute approximate surface area is 124 Å². The third-order valence-electron chi connectivity index (χ3n) is 3.64. The summed E-state index contributed by atoms with van der Waals surface area (Å²) >= 11 is 0. The second kappa shape index (κ2) is 6.88. The minimum atomic E-state index is -0.367. The lowest BCUT2D eigenvalue weighted by Gasteiger charge is -2.11. The molecule has 0 saturated heterocycles. The fraction of sp³-hybridized carbons (Fsp3) is 0.294. The lowest BCUT2D eigenvalue weighted by Crippen LogP contribution is -2.02. The van der Waals surface area contributed by atoms with Crippen molar-refractivity contribution in [2.75, 3.05) is 5.73 Å². The molecular formula is C17H20N2O2. The maximum Gasteiger partial charge on any atom is 0.269 e. The summed E-state index contributed by atoms with van der Waals surface area (Å²) < 4.78 is 0. The largest absolute Gasteiger partial charge is 0.399 e. The van der Waals surface area contributed by atoms with Crippen molar-refractivity contribution in [3.63, 3.8) is 0 Å². The van der Waals surface area contributed by atoms with E-state index in [0.29, 0.717) is 5.92 Å². The summed E-state index contributed by atoms with van der Waals surface area (Å²) in [5, 5.41) is 10.6. The van der Waals surface area contributed by atoms with Gasteiger partial charge in [0.15, 0.2) is 0 Å². The molecule has 0 spiro atoms. The maximum absolute atomic E-state index is 10.6. The van der Waals surface area contributed by atoms with Crippen LogP contribution in [0.15, 0.2) is 48.5 Å². The molecule has 0 heterocycles. The summed E-state index contributed by atoms with van der Waals surface area (Å²) in [6.07, 6.45) is 3.04. The molecule has 0 aliphatic carbocycles. The zero-order chi connectivity index (χ0) is 15.2. The first-order valence-corrected chi connectivity index (χ1v) is 7.12. The van der Waals surface area contributed by atoms with Crippen LogP contribution in [0.5, 0.6) is 0 Å². The van der Waals surface area contributed by atoms with Gasteiger partial charge in [0.2, 0.25) is 0 Å². The number of nitrogens with two attached hydrogens (primary N) is 1. The van der Waals surface area contributed by atoms with E-state index in [1.807, 2.05) is 24.3 Å². The zero-order valence-electron chi connectivity index (χ0n) is 12.2. The number of hydrogen-bond acceptors (Lipinski definition) is 3. The van der Waals surface area contributed by atoms with Crippen molar-refractivity contribution >= 4 is 11.4 Å². The van der Waals surface area contributed by atoms with Crippen molar-refractivity contribution in [3.05, 3.63) is 69.8 Å². The van der Waals surface area contributed by atoms with Crippen LogP contribution in [0.4, 0.5) is 11.4 Å². The first-order chi connectivity index (χ1) is 10.0. The Bertz CT molecular complexity index is 591. The van der Waals surface area contributed by atoms with Gasteiger partial charge in [-0.05, 0) is 48.4 Å². The molecule has 21 heavy (non-hydrogen) atoms. The number of nitro benzene ring substituents is 1. The van der Waals surface area contributed by atoms with Gasteiger partial charge in [-0.25, -0.2) is 0 Å². The number of benzene rings is 2. The molecule has 2 N–H and O–H groups in total. The van der Waals surface area contributed by atoms with Gasteiger partial charge in [0.25, 0.3) is 5.69 Å². The summed E-state index contributed by atoms with van der Waals surface area (Å²) in [6, 6.07) is 14.8. The van der Waals surface area contributed by atoms with Crippen molar-refractivity contribution in [1.29, 1.82) is 0 Å². The highest BCUT2D eigenvalue weighted by Crippen LogP contribution is 2.18. The summed E-state index contributed by atoms with van der Waals surface area (Å²) in [5.41, 5.74) is 9.04. The van der Waals surface area contributed by atoms with Crippen LogP contribution in [-0.2, 0) is 12.8 Å². The summed E-state index contributed by atoms with van der Waals surface area (Å²) in [5.74, 6) is 0.531. The second-order valence-corrected chi connectivity index (χ2v) is 5.51. The molecule has 0 saturated carbocycles. The van der Waals surface area contributed by atoms with Crippen LogP contribution in [-0.4, -0.2) is 4.92 Å². The van der Waals surface area contributed by atoms with E-state index >= 15 is 0 Å². The molecule has 1 unspecified atom stereocenters. The Balaban J connectivity index is 1.85. The number of hydrogen-bond donors (Lipinski definition) is 1. The van der Waals surface area contributed by atoms with Crippen molar-refractivity contribution in [3.8, 4) is 0 Å². The third-order valence-corrected chi connectivity index (χ3v) is 3.64. The van der Waals surface area contributed by atoms with Gasteiger partial charge in [0.1, 0.15) is 0 Å². The van der Waals surface area contributed by atoms with Crippen LogP contribution in [0.3, 0.4) is 0 Å². The van der Waals surface area contributed by atoms with Crippen molar-refractivity contribution in [1.82, 2.24) is 0 Å². The molecule has 0 radical (unpaired) electrons. The van der Waals surface area contributed by atoms with Gasteiger partial charge in [0.05, 0.1) is 4.92 Å². The van der Waals surface area contributed by atoms with Gasteiger partial charge in [-0.1, -0.05) is 31.2 Å². The fourth-order valence-corrected chi connectivity index (χ4v) is 2.36. The summed E-state index contributed by atoms with van der Waals surface area (Å²) in [7, 11) is 0. The predicted molar refractivity (Wildman–Crippen MR) is 85.1 cm³/mol. The number of nitro groups is 1. The van der Waals surface area contributed by atoms with Crippen LogP contribution in [0.2, 0.25) is 0 Å². The number of nitrogen functional groups attached to an aromatic ring is 1. The normalized spacial score (nSPS) is 12.0. The first kappa shape index (κ1) is 15.0. The Kier molecular flexibility index (Phi) is 4.93. The quantitative estimate of drug-likeness (QED) is 0.495. The Hall–Kier alpha value is -2.36. The lowest BCUT2D eigenvalue weighted by molar-refractivity contribution is -0.384. The molecule has 2 rings (SSSR count). The van der Waals surface area contributed by atoms with E-state index in [1.54, 1.807) is 12.1 Å². The number of nitrogens with zero attached hydrogens (tertiary/aromatic N) is 1. The monoisotopic (exact) mass is 284 g/mol. The van der Waals surface area contributed by atoms with Crippen LogP contribution >= 0.6 is 0 Å². The molecule has 0 amide bonds. The van der Waals surface area contributed by atoms with Crippen LogP contribution < -0.4 is 5.73 Å². The molecule has 4 nitrogen and oxygen atoms in total. The Morgan fingerprint density at radius 2 is 1.62 bits per heavy atom. The van der Waals surface area contributed by atoms with E-state index in [-0.39, 0.29) is 10.6 Å². The molecule has 0 aliphatic heterocycles. The molecular weight excluding hydrogens is 264 g/mol. The summed E-state index contributed by atoms with van der Waals surface area (Å²) in [6.45, 7) is 2.21. The SMILES string of the molecule is CC(CCc1ccc(N)cc1)Cc1ccc([N+](=O)[O-])cc1. The molecule has 0 bridgehead atoms. The molecule has 0 aliphatic rings. The van der Waals surface area contributed by atoms with Crippen LogP contribution in [0.1, 0.15) is 24.5 Å². The average molecular weight is 284 g/mol. The second-order valence-electron chi connectivity index (χ2n) is 5.51. The number of anilines is 1. The van der Waals surface area contributed by atoms with Gasteiger partial charge in [-0.3, -0.25) is 10.1 Å². The van der Waals surface area contributed by atoms with Gasteiger partial charge >= 0.3 is 0 Å². The van der Waals surface area contributed by atoms with Crippen molar-refractivity contribution in [2.24, 2.45) is 5.92 Å². The molecule has 0 aromatic heterocycles. The molecule has 1 atom stereocenters. The van der Waals surface area contributed by atoms with Gasteiger partial charge < -0.3 is 5.73 Å². The van der Waals surface area contributed by atoms with Gasteiger partial charge in [-0.15, -0.1) is 0 Å². The molecule has 2 aromatic carbocycles. The number of rotatable bonds is 6. The Morgan fingerprint density at radius 3 is 2.19 bits per heavy atom. The van der Waals surface area contributed by atoms with Gasteiger partial charge in [0, 0.05) is 17.8 Å². The predicted octanol–water partition coefficient (Wildman–Crippen LogP) is 3.99. The highest BCUT2D eigenvalue weighted by atomic mass is 16.6. The van der Waals surface area contributed by atoms with E-state index in [2.05, 4.69) is 19.1 Å². The van der Waals surface area contributed by atoms with E-state index in [9.17, 15) is 10.1 Å². The number of aryl methyl sites for hydroxylation is 1. The first-order valence-electron chi connectivity index (χ1n) is 7.12. The van der Waals surface area contributed by atoms with E-state index in [1.165, 1.54) is 5.56 Å². The minimum absolute atomic E-state index is 0.147. The zero-order valence-corrected chi connectivity index (χ0v) is 12.2. The maximum atomic E-state index is 10.6. The van der Waals surface area contributed by atoms with Crippen LogP contribution in [0.25, 0.3) is 0 Å². The highest BCUT2D eigenvalue weighted by Gasteiger charge is 2.07. The van der Waals surface area contributed by atoms with Crippen LogP contribution in [0, 0.1) is 16.0 Å². The molecule has 2 aromatic rings.